The lowest BCUT2D eigenvalue weighted by Gasteiger charge is -2.35. The Bertz CT molecular complexity index is 291. The average Bonchev–Trinajstić information content (AvgIpc) is 2.23. The van der Waals surface area contributed by atoms with Gasteiger partial charge in [0, 0.05) is 6.54 Å². The monoisotopic (exact) mass is 211 g/mol. The van der Waals surface area contributed by atoms with Gasteiger partial charge in [-0.2, -0.15) is 0 Å². The van der Waals surface area contributed by atoms with Crippen LogP contribution in [-0.2, 0) is 4.74 Å². The van der Waals surface area contributed by atoms with Crippen molar-refractivity contribution in [1.82, 2.24) is 4.42 Å². The first-order chi connectivity index (χ1) is 6.79. The molecule has 3 heteroatoms. The first-order valence-electron chi connectivity index (χ1n) is 4.88. The molecule has 0 N–H and O–H groups in total. The number of morpholine rings is 1. The van der Waals surface area contributed by atoms with Crippen molar-refractivity contribution in [3.63, 3.8) is 0 Å². The lowest BCUT2D eigenvalue weighted by Crippen LogP contribution is -2.39. The molecule has 0 aromatic heterocycles. The zero-order valence-corrected chi connectivity index (χ0v) is 8.95. The fourth-order valence-corrected chi connectivity index (χ4v) is 1.95. The lowest BCUT2D eigenvalue weighted by atomic mass is 10.0. The van der Waals surface area contributed by atoms with Gasteiger partial charge in [0.2, 0.25) is 0 Å². The minimum Gasteiger partial charge on any atom is -0.370 e. The van der Waals surface area contributed by atoms with Crippen molar-refractivity contribution in [2.24, 2.45) is 0 Å². The maximum absolute atomic E-state index is 6.07. The number of hydrogen-bond acceptors (Lipinski definition) is 2. The van der Waals surface area contributed by atoms with Crippen LogP contribution in [-0.4, -0.2) is 23.6 Å². The van der Waals surface area contributed by atoms with E-state index < -0.39 is 0 Å². The highest BCUT2D eigenvalue weighted by Gasteiger charge is 2.28. The predicted molar refractivity (Wildman–Crippen MR) is 57.2 cm³/mol. The topological polar surface area (TPSA) is 12.5 Å². The minimum atomic E-state index is 0.0995. The van der Waals surface area contributed by atoms with Crippen LogP contribution in [0.3, 0.4) is 0 Å². The van der Waals surface area contributed by atoms with E-state index in [1.165, 1.54) is 5.56 Å². The van der Waals surface area contributed by atoms with Gasteiger partial charge in [-0.25, -0.2) is 4.42 Å². The van der Waals surface area contributed by atoms with Crippen LogP contribution in [0, 0.1) is 0 Å². The van der Waals surface area contributed by atoms with Gasteiger partial charge in [-0.05, 0) is 24.3 Å². The van der Waals surface area contributed by atoms with Crippen molar-refractivity contribution in [2.45, 2.75) is 19.1 Å². The average molecular weight is 212 g/mol. The standard InChI is InChI=1S/C11H14ClNO/c1-9-11(14-8-7-13(9)12)10-5-3-2-4-6-10/h2-6,9,11H,7-8H2,1H3. The molecule has 1 aromatic rings. The molecule has 0 saturated carbocycles. The molecule has 2 atom stereocenters. The number of benzene rings is 1. The predicted octanol–water partition coefficient (Wildman–Crippen LogP) is 2.60. The summed E-state index contributed by atoms with van der Waals surface area (Å²) in [5.41, 5.74) is 1.20. The number of ether oxygens (including phenoxy) is 1. The Hall–Kier alpha value is -0.570. The summed E-state index contributed by atoms with van der Waals surface area (Å²) < 4.78 is 7.54. The molecule has 2 rings (SSSR count). The van der Waals surface area contributed by atoms with Crippen LogP contribution in [0.2, 0.25) is 0 Å². The van der Waals surface area contributed by atoms with E-state index in [-0.39, 0.29) is 12.1 Å². The van der Waals surface area contributed by atoms with E-state index in [1.807, 2.05) is 22.6 Å². The molecule has 0 amide bonds. The molecule has 1 heterocycles. The number of hydrogen-bond donors (Lipinski definition) is 0. The molecule has 0 bridgehead atoms. The summed E-state index contributed by atoms with van der Waals surface area (Å²) in [5, 5.41) is 0. The first kappa shape index (κ1) is 9.97. The Morgan fingerprint density at radius 2 is 2.07 bits per heavy atom. The molecule has 1 fully saturated rings. The van der Waals surface area contributed by atoms with Crippen molar-refractivity contribution in [1.29, 1.82) is 0 Å². The van der Waals surface area contributed by atoms with Crippen LogP contribution < -0.4 is 0 Å². The third-order valence-corrected chi connectivity index (χ3v) is 3.09. The van der Waals surface area contributed by atoms with Gasteiger partial charge in [0.1, 0.15) is 0 Å². The molecular weight excluding hydrogens is 198 g/mol. The fraction of sp³-hybridized carbons (Fsp3) is 0.455. The number of halogens is 1. The van der Waals surface area contributed by atoms with E-state index in [2.05, 4.69) is 19.1 Å². The van der Waals surface area contributed by atoms with Gasteiger partial charge in [0.15, 0.2) is 0 Å². The van der Waals surface area contributed by atoms with Gasteiger partial charge >= 0.3 is 0 Å². The van der Waals surface area contributed by atoms with Crippen molar-refractivity contribution in [2.75, 3.05) is 13.2 Å². The van der Waals surface area contributed by atoms with Gasteiger partial charge in [0.05, 0.1) is 18.8 Å². The molecule has 1 aliphatic rings. The molecule has 0 radical (unpaired) electrons. The van der Waals surface area contributed by atoms with E-state index in [0.29, 0.717) is 6.61 Å². The summed E-state index contributed by atoms with van der Waals surface area (Å²) in [5.74, 6) is 0. The second-order valence-corrected chi connectivity index (χ2v) is 4.00. The van der Waals surface area contributed by atoms with Gasteiger partial charge in [0.25, 0.3) is 0 Å². The second-order valence-electron chi connectivity index (χ2n) is 3.57. The molecule has 14 heavy (non-hydrogen) atoms. The highest BCUT2D eigenvalue weighted by Crippen LogP contribution is 2.28. The molecule has 0 aliphatic carbocycles. The number of rotatable bonds is 1. The van der Waals surface area contributed by atoms with E-state index in [0.717, 1.165) is 6.54 Å². The van der Waals surface area contributed by atoms with Crippen LogP contribution in [0.4, 0.5) is 0 Å². The molecule has 1 aromatic carbocycles. The van der Waals surface area contributed by atoms with Crippen LogP contribution in [0.1, 0.15) is 18.6 Å². The molecule has 2 nitrogen and oxygen atoms in total. The summed E-state index contributed by atoms with van der Waals surface area (Å²) in [6.07, 6.45) is 0.0995. The summed E-state index contributed by atoms with van der Waals surface area (Å²) in [4.78, 5) is 0. The van der Waals surface area contributed by atoms with Crippen LogP contribution in [0.15, 0.2) is 30.3 Å². The maximum Gasteiger partial charge on any atom is 0.0991 e. The van der Waals surface area contributed by atoms with E-state index in [9.17, 15) is 0 Å². The van der Waals surface area contributed by atoms with E-state index in [4.69, 9.17) is 16.5 Å². The zero-order valence-electron chi connectivity index (χ0n) is 8.19. The van der Waals surface area contributed by atoms with Crippen LogP contribution >= 0.6 is 11.8 Å². The third kappa shape index (κ3) is 1.92. The Kier molecular flexibility index (Phi) is 3.06. The van der Waals surface area contributed by atoms with Crippen molar-refractivity contribution >= 4 is 11.8 Å². The van der Waals surface area contributed by atoms with E-state index >= 15 is 0 Å². The summed E-state index contributed by atoms with van der Waals surface area (Å²) >= 11 is 6.07. The molecule has 1 aliphatic heterocycles. The summed E-state index contributed by atoms with van der Waals surface area (Å²) in [6, 6.07) is 10.5. The van der Waals surface area contributed by atoms with Crippen molar-refractivity contribution in [3.8, 4) is 0 Å². The van der Waals surface area contributed by atoms with Crippen molar-refractivity contribution in [3.05, 3.63) is 35.9 Å². The molecule has 76 valence electrons. The molecule has 1 saturated heterocycles. The summed E-state index contributed by atoms with van der Waals surface area (Å²) in [6.45, 7) is 3.59. The normalized spacial score (nSPS) is 29.0. The maximum atomic E-state index is 6.07. The van der Waals surface area contributed by atoms with E-state index in [1.54, 1.807) is 0 Å². The second kappa shape index (κ2) is 4.30. The Labute approximate surface area is 89.5 Å². The highest BCUT2D eigenvalue weighted by molar-refractivity contribution is 6.13. The SMILES string of the molecule is CC1C(c2ccccc2)OCCN1Cl. The largest absolute Gasteiger partial charge is 0.370 e. The van der Waals surface area contributed by atoms with Gasteiger partial charge < -0.3 is 4.74 Å². The van der Waals surface area contributed by atoms with Gasteiger partial charge in [-0.15, -0.1) is 0 Å². The minimum absolute atomic E-state index is 0.0995. The fourth-order valence-electron chi connectivity index (χ4n) is 1.77. The Morgan fingerprint density at radius 1 is 1.36 bits per heavy atom. The van der Waals surface area contributed by atoms with Crippen LogP contribution in [0.25, 0.3) is 0 Å². The Balaban J connectivity index is 2.17. The molecule has 2 unspecified atom stereocenters. The quantitative estimate of drug-likeness (QED) is 0.663. The van der Waals surface area contributed by atoms with Crippen LogP contribution in [0.5, 0.6) is 0 Å². The lowest BCUT2D eigenvalue weighted by molar-refractivity contribution is -0.0356. The highest BCUT2D eigenvalue weighted by atomic mass is 35.5. The smallest absolute Gasteiger partial charge is 0.0991 e. The Morgan fingerprint density at radius 3 is 2.79 bits per heavy atom. The van der Waals surface area contributed by atoms with Gasteiger partial charge in [-0.1, -0.05) is 30.3 Å². The third-order valence-electron chi connectivity index (χ3n) is 2.61. The number of nitrogens with zero attached hydrogens (tertiary/aromatic N) is 1. The van der Waals surface area contributed by atoms with Crippen molar-refractivity contribution < 1.29 is 4.74 Å². The molecular formula is C11H14ClNO. The molecule has 0 spiro atoms. The van der Waals surface area contributed by atoms with Gasteiger partial charge in [-0.3, -0.25) is 0 Å². The zero-order chi connectivity index (χ0) is 9.97. The first-order valence-corrected chi connectivity index (χ1v) is 5.22. The summed E-state index contributed by atoms with van der Waals surface area (Å²) in [7, 11) is 0.